The van der Waals surface area contributed by atoms with Crippen LogP contribution in [0.5, 0.6) is 0 Å². The van der Waals surface area contributed by atoms with E-state index in [4.69, 9.17) is 9.47 Å². The molecule has 2 saturated heterocycles. The minimum absolute atomic E-state index is 0.0668. The smallest absolute Gasteiger partial charge is 0.309 e. The molecule has 4 heteroatoms. The van der Waals surface area contributed by atoms with E-state index in [1.165, 1.54) is 5.57 Å². The predicted octanol–water partition coefficient (Wildman–Crippen LogP) is 1.81. The van der Waals surface area contributed by atoms with Gasteiger partial charge in [0.1, 0.15) is 17.8 Å². The molecule has 3 rings (SSSR count). The van der Waals surface area contributed by atoms with Gasteiger partial charge in [0.15, 0.2) is 0 Å². The number of aliphatic hydroxyl groups is 1. The van der Waals surface area contributed by atoms with Crippen LogP contribution in [0, 0.1) is 11.8 Å². The van der Waals surface area contributed by atoms with Crippen molar-refractivity contribution in [3.63, 3.8) is 0 Å². The number of carbonyl (C=O) groups excluding carboxylic acids is 1. The third-order valence-electron chi connectivity index (χ3n) is 5.10. The number of hydrogen-bond acceptors (Lipinski definition) is 4. The Morgan fingerprint density at radius 3 is 2.95 bits per heavy atom. The molecular weight excluding hydrogens is 244 g/mol. The summed E-state index contributed by atoms with van der Waals surface area (Å²) in [5.41, 5.74) is 0.716. The summed E-state index contributed by atoms with van der Waals surface area (Å²) in [5, 5.41) is 10.3. The average Bonchev–Trinajstić information content (AvgIpc) is 2.98. The maximum Gasteiger partial charge on any atom is 0.309 e. The van der Waals surface area contributed by atoms with Crippen LogP contribution in [0.15, 0.2) is 11.6 Å². The fraction of sp³-hybridized carbons (Fsp3) is 0.800. The van der Waals surface area contributed by atoms with Crippen molar-refractivity contribution >= 4 is 5.97 Å². The highest BCUT2D eigenvalue weighted by Crippen LogP contribution is 2.50. The van der Waals surface area contributed by atoms with E-state index >= 15 is 0 Å². The summed E-state index contributed by atoms with van der Waals surface area (Å²) >= 11 is 0. The third kappa shape index (κ3) is 2.01. The number of epoxide rings is 1. The molecule has 2 fully saturated rings. The highest BCUT2D eigenvalue weighted by atomic mass is 16.7. The van der Waals surface area contributed by atoms with Crippen molar-refractivity contribution in [2.45, 2.75) is 63.9 Å². The Morgan fingerprint density at radius 1 is 1.47 bits per heavy atom. The molecule has 1 aliphatic carbocycles. The fourth-order valence-corrected chi connectivity index (χ4v) is 3.43. The largest absolute Gasteiger partial charge is 0.459 e. The Kier molecular flexibility index (Phi) is 2.98. The van der Waals surface area contributed by atoms with Crippen LogP contribution in [-0.4, -0.2) is 35.0 Å². The van der Waals surface area contributed by atoms with Gasteiger partial charge in [0.2, 0.25) is 0 Å². The number of allylic oxidation sites excluding steroid dienone is 1. The van der Waals surface area contributed by atoms with E-state index in [1.54, 1.807) is 0 Å². The Labute approximate surface area is 113 Å². The summed E-state index contributed by atoms with van der Waals surface area (Å²) in [6.07, 6.45) is 3.75. The maximum atomic E-state index is 11.8. The fourth-order valence-electron chi connectivity index (χ4n) is 3.43. The van der Waals surface area contributed by atoms with E-state index in [0.717, 1.165) is 12.8 Å². The summed E-state index contributed by atoms with van der Waals surface area (Å²) in [6.45, 7) is 5.94. The quantitative estimate of drug-likeness (QED) is 0.413. The van der Waals surface area contributed by atoms with Gasteiger partial charge in [0.05, 0.1) is 12.0 Å². The second-order valence-corrected chi connectivity index (χ2v) is 6.42. The van der Waals surface area contributed by atoms with Crippen molar-refractivity contribution in [1.82, 2.24) is 0 Å². The minimum Gasteiger partial charge on any atom is -0.459 e. The first-order valence-corrected chi connectivity index (χ1v) is 7.15. The molecule has 0 amide bonds. The second-order valence-electron chi connectivity index (χ2n) is 6.42. The zero-order valence-electron chi connectivity index (χ0n) is 11.8. The average molecular weight is 266 g/mol. The van der Waals surface area contributed by atoms with Crippen LogP contribution in [0.1, 0.15) is 40.0 Å². The van der Waals surface area contributed by atoms with Gasteiger partial charge in [-0.25, -0.2) is 0 Å². The van der Waals surface area contributed by atoms with Crippen LogP contribution >= 0.6 is 0 Å². The third-order valence-corrected chi connectivity index (χ3v) is 5.10. The first-order valence-electron chi connectivity index (χ1n) is 7.15. The van der Waals surface area contributed by atoms with Crippen molar-refractivity contribution in [3.8, 4) is 0 Å². The molecular formula is C15H22O4. The zero-order valence-corrected chi connectivity index (χ0v) is 11.8. The molecule has 0 aromatic heterocycles. The number of aliphatic hydroxyl groups excluding tert-OH is 1. The van der Waals surface area contributed by atoms with Crippen molar-refractivity contribution < 1.29 is 19.4 Å². The highest BCUT2D eigenvalue weighted by molar-refractivity contribution is 5.75. The first-order chi connectivity index (χ1) is 8.93. The van der Waals surface area contributed by atoms with Gasteiger partial charge in [-0.05, 0) is 33.1 Å². The number of carbonyl (C=O) groups is 1. The van der Waals surface area contributed by atoms with Crippen LogP contribution in [0.25, 0.3) is 0 Å². The summed E-state index contributed by atoms with van der Waals surface area (Å²) in [6, 6.07) is 0. The topological polar surface area (TPSA) is 59.1 Å². The molecule has 19 heavy (non-hydrogen) atoms. The van der Waals surface area contributed by atoms with Gasteiger partial charge < -0.3 is 14.6 Å². The number of rotatable bonds is 0. The van der Waals surface area contributed by atoms with Gasteiger partial charge in [-0.1, -0.05) is 18.6 Å². The van der Waals surface area contributed by atoms with Crippen LogP contribution in [0.4, 0.5) is 0 Å². The summed E-state index contributed by atoms with van der Waals surface area (Å²) in [4.78, 5) is 11.8. The SMILES string of the molecule is CC1=CCC(O)C2(C)OC2C2OC(=O)C(C)C2CC1. The lowest BCUT2D eigenvalue weighted by molar-refractivity contribution is -0.144. The van der Waals surface area contributed by atoms with E-state index in [9.17, 15) is 9.90 Å². The van der Waals surface area contributed by atoms with Crippen molar-refractivity contribution in [2.75, 3.05) is 0 Å². The molecule has 0 radical (unpaired) electrons. The highest BCUT2D eigenvalue weighted by Gasteiger charge is 2.65. The van der Waals surface area contributed by atoms with Crippen molar-refractivity contribution in [1.29, 1.82) is 0 Å². The molecule has 0 saturated carbocycles. The van der Waals surface area contributed by atoms with E-state index in [-0.39, 0.29) is 30.0 Å². The van der Waals surface area contributed by atoms with Crippen LogP contribution in [0.3, 0.4) is 0 Å². The molecule has 0 aromatic carbocycles. The molecule has 1 N–H and O–H groups in total. The molecule has 2 heterocycles. The van der Waals surface area contributed by atoms with Crippen molar-refractivity contribution in [2.24, 2.45) is 11.8 Å². The van der Waals surface area contributed by atoms with Gasteiger partial charge in [-0.2, -0.15) is 0 Å². The molecule has 106 valence electrons. The van der Waals surface area contributed by atoms with Crippen LogP contribution in [-0.2, 0) is 14.3 Å². The summed E-state index contributed by atoms with van der Waals surface area (Å²) in [5.74, 6) is 0.0130. The Hall–Kier alpha value is -0.870. The molecule has 6 unspecified atom stereocenters. The lowest BCUT2D eigenvalue weighted by Gasteiger charge is -2.22. The Morgan fingerprint density at radius 2 is 2.21 bits per heavy atom. The maximum absolute atomic E-state index is 11.8. The standard InChI is InChI=1S/C15H22O4/c1-8-4-6-10-9(2)14(17)18-12(10)13-15(3,19-13)11(16)7-5-8/h5,9-13,16H,4,6-7H2,1-3H3. The van der Waals surface area contributed by atoms with E-state index in [1.807, 2.05) is 13.8 Å². The van der Waals surface area contributed by atoms with E-state index in [0.29, 0.717) is 6.42 Å². The number of esters is 1. The van der Waals surface area contributed by atoms with Gasteiger partial charge in [0.25, 0.3) is 0 Å². The summed E-state index contributed by atoms with van der Waals surface area (Å²) < 4.78 is 11.3. The predicted molar refractivity (Wildman–Crippen MR) is 69.4 cm³/mol. The van der Waals surface area contributed by atoms with Gasteiger partial charge in [-0.15, -0.1) is 0 Å². The Balaban J connectivity index is 1.89. The molecule has 4 nitrogen and oxygen atoms in total. The van der Waals surface area contributed by atoms with E-state index in [2.05, 4.69) is 13.0 Å². The molecule has 2 aliphatic heterocycles. The minimum atomic E-state index is -0.554. The second kappa shape index (κ2) is 4.32. The first kappa shape index (κ1) is 13.1. The van der Waals surface area contributed by atoms with Gasteiger partial charge in [-0.3, -0.25) is 4.79 Å². The Bertz CT molecular complexity index is 430. The monoisotopic (exact) mass is 266 g/mol. The van der Waals surface area contributed by atoms with E-state index < -0.39 is 11.7 Å². The normalized spacial score (nSPS) is 49.8. The van der Waals surface area contributed by atoms with Crippen molar-refractivity contribution in [3.05, 3.63) is 11.6 Å². The molecule has 0 bridgehead atoms. The molecule has 0 spiro atoms. The summed E-state index contributed by atoms with van der Waals surface area (Å²) in [7, 11) is 0. The van der Waals surface area contributed by atoms with Crippen LogP contribution < -0.4 is 0 Å². The van der Waals surface area contributed by atoms with Gasteiger partial charge in [0, 0.05) is 5.92 Å². The molecule has 3 aliphatic rings. The molecule has 6 atom stereocenters. The lowest BCUT2D eigenvalue weighted by atomic mass is 9.81. The number of hydrogen-bond donors (Lipinski definition) is 1. The lowest BCUT2D eigenvalue weighted by Crippen LogP contribution is -2.36. The molecule has 0 aromatic rings. The number of fused-ring (bicyclic) bond motifs is 3. The zero-order chi connectivity index (χ0) is 13.8. The number of ether oxygens (including phenoxy) is 2. The van der Waals surface area contributed by atoms with Crippen LogP contribution in [0.2, 0.25) is 0 Å². The van der Waals surface area contributed by atoms with Gasteiger partial charge >= 0.3 is 5.97 Å².